The highest BCUT2D eigenvalue weighted by Crippen LogP contribution is 2.17. The van der Waals surface area contributed by atoms with Crippen LogP contribution < -0.4 is 5.32 Å². The van der Waals surface area contributed by atoms with Crippen LogP contribution in [0.25, 0.3) is 0 Å². The van der Waals surface area contributed by atoms with Crippen molar-refractivity contribution in [3.05, 3.63) is 22.4 Å². The lowest BCUT2D eigenvalue weighted by atomic mass is 10.2. The number of rotatable bonds is 6. The normalized spacial score (nSPS) is 19.8. The van der Waals surface area contributed by atoms with E-state index in [1.807, 2.05) is 11.4 Å². The topological polar surface area (TPSA) is 83.6 Å². The number of nitrogens with zero attached hydrogens (tertiary/aromatic N) is 1. The maximum absolute atomic E-state index is 12.0. The number of carbonyl (C=O) groups excluding carboxylic acids is 2. The maximum atomic E-state index is 12.0. The number of sulfone groups is 1. The first-order valence-electron chi connectivity index (χ1n) is 7.17. The molecule has 0 radical (unpaired) electrons. The van der Waals surface area contributed by atoms with Crippen LogP contribution in [0.4, 0.5) is 0 Å². The second kappa shape index (κ2) is 7.23. The van der Waals surface area contributed by atoms with E-state index in [1.165, 1.54) is 16.2 Å². The molecular weight excluding hydrogens is 324 g/mol. The van der Waals surface area contributed by atoms with Gasteiger partial charge in [-0.25, -0.2) is 8.42 Å². The summed E-state index contributed by atoms with van der Waals surface area (Å²) in [5, 5.41) is 4.60. The first kappa shape index (κ1) is 17.0. The molecule has 2 rings (SSSR count). The Bertz CT molecular complexity index is 625. The molecule has 0 bridgehead atoms. The third-order valence-electron chi connectivity index (χ3n) is 3.75. The molecule has 1 fully saturated rings. The molecule has 1 aliphatic rings. The number of hydrogen-bond acceptors (Lipinski definition) is 5. The summed E-state index contributed by atoms with van der Waals surface area (Å²) in [6.07, 6.45) is 1.36. The van der Waals surface area contributed by atoms with Crippen molar-refractivity contribution >= 4 is 33.0 Å². The van der Waals surface area contributed by atoms with Crippen LogP contribution in [0.5, 0.6) is 0 Å². The fourth-order valence-electron chi connectivity index (χ4n) is 2.40. The van der Waals surface area contributed by atoms with Crippen molar-refractivity contribution in [3.63, 3.8) is 0 Å². The fraction of sp³-hybridized carbons (Fsp3) is 0.571. The second-order valence-corrected chi connectivity index (χ2v) is 8.57. The maximum Gasteiger partial charge on any atom is 0.261 e. The van der Waals surface area contributed by atoms with Gasteiger partial charge in [-0.2, -0.15) is 0 Å². The zero-order valence-corrected chi connectivity index (χ0v) is 14.1. The molecule has 8 heteroatoms. The van der Waals surface area contributed by atoms with Crippen molar-refractivity contribution in [1.29, 1.82) is 0 Å². The van der Waals surface area contributed by atoms with Crippen LogP contribution in [0.3, 0.4) is 0 Å². The minimum atomic E-state index is -2.99. The highest BCUT2D eigenvalue weighted by molar-refractivity contribution is 7.91. The Morgan fingerprint density at radius 3 is 2.82 bits per heavy atom. The van der Waals surface area contributed by atoms with Crippen LogP contribution in [0.2, 0.25) is 0 Å². The fourth-order valence-corrected chi connectivity index (χ4v) is 4.81. The molecule has 1 aromatic heterocycles. The van der Waals surface area contributed by atoms with Crippen molar-refractivity contribution in [3.8, 4) is 0 Å². The summed E-state index contributed by atoms with van der Waals surface area (Å²) in [4.78, 5) is 25.9. The SMILES string of the molecule is CN(C(=O)CCCNC(=O)c1cccs1)C1CCS(=O)(=O)C1. The molecule has 1 aromatic rings. The Balaban J connectivity index is 1.68. The van der Waals surface area contributed by atoms with E-state index in [0.29, 0.717) is 30.7 Å². The lowest BCUT2D eigenvalue weighted by Crippen LogP contribution is -2.38. The van der Waals surface area contributed by atoms with Gasteiger partial charge < -0.3 is 10.2 Å². The molecular formula is C14H20N2O4S2. The summed E-state index contributed by atoms with van der Waals surface area (Å²) in [6, 6.07) is 3.35. The summed E-state index contributed by atoms with van der Waals surface area (Å²) in [5.41, 5.74) is 0. The molecule has 0 aromatic carbocycles. The molecule has 6 nitrogen and oxygen atoms in total. The van der Waals surface area contributed by atoms with Gasteiger partial charge in [0.25, 0.3) is 5.91 Å². The molecule has 2 heterocycles. The van der Waals surface area contributed by atoms with Gasteiger partial charge in [-0.1, -0.05) is 6.07 Å². The highest BCUT2D eigenvalue weighted by Gasteiger charge is 2.32. The first-order chi connectivity index (χ1) is 10.4. The average molecular weight is 344 g/mol. The quantitative estimate of drug-likeness (QED) is 0.777. The van der Waals surface area contributed by atoms with Crippen LogP contribution in [-0.2, 0) is 14.6 Å². The number of nitrogens with one attached hydrogen (secondary N) is 1. The van der Waals surface area contributed by atoms with Crippen LogP contribution in [0, 0.1) is 0 Å². The third kappa shape index (κ3) is 4.54. The molecule has 1 atom stereocenters. The monoisotopic (exact) mass is 344 g/mol. The molecule has 1 unspecified atom stereocenters. The number of hydrogen-bond donors (Lipinski definition) is 1. The minimum Gasteiger partial charge on any atom is -0.351 e. The summed E-state index contributed by atoms with van der Waals surface area (Å²) < 4.78 is 22.9. The van der Waals surface area contributed by atoms with E-state index < -0.39 is 9.84 Å². The smallest absolute Gasteiger partial charge is 0.261 e. The van der Waals surface area contributed by atoms with Gasteiger partial charge >= 0.3 is 0 Å². The van der Waals surface area contributed by atoms with Crippen LogP contribution in [-0.4, -0.2) is 56.3 Å². The van der Waals surface area contributed by atoms with Crippen molar-refractivity contribution in [2.45, 2.75) is 25.3 Å². The third-order valence-corrected chi connectivity index (χ3v) is 6.37. The van der Waals surface area contributed by atoms with Gasteiger partial charge in [-0.3, -0.25) is 9.59 Å². The average Bonchev–Trinajstić information content (AvgIpc) is 3.11. The van der Waals surface area contributed by atoms with Gasteiger partial charge in [0.2, 0.25) is 5.91 Å². The molecule has 1 saturated heterocycles. The van der Waals surface area contributed by atoms with Crippen molar-refractivity contribution in [2.75, 3.05) is 25.1 Å². The molecule has 22 heavy (non-hydrogen) atoms. The molecule has 0 aliphatic carbocycles. The largest absolute Gasteiger partial charge is 0.351 e. The summed E-state index contributed by atoms with van der Waals surface area (Å²) in [5.74, 6) is 0.0152. The van der Waals surface area contributed by atoms with Gasteiger partial charge in [-0.15, -0.1) is 11.3 Å². The van der Waals surface area contributed by atoms with Gasteiger partial charge in [0.05, 0.1) is 16.4 Å². The lowest BCUT2D eigenvalue weighted by Gasteiger charge is -2.23. The standard InChI is InChI=1S/C14H20N2O4S2/c1-16(11-6-9-22(19,20)10-11)13(17)5-2-7-15-14(18)12-4-3-8-21-12/h3-4,8,11H,2,5-7,9-10H2,1H3,(H,15,18). The molecule has 2 amide bonds. The molecule has 0 spiro atoms. The van der Waals surface area contributed by atoms with Crippen molar-refractivity contribution in [2.24, 2.45) is 0 Å². The molecule has 1 N–H and O–H groups in total. The van der Waals surface area contributed by atoms with E-state index in [2.05, 4.69) is 5.32 Å². The Hall–Kier alpha value is -1.41. The predicted octanol–water partition coefficient (Wildman–Crippen LogP) is 0.904. The highest BCUT2D eigenvalue weighted by atomic mass is 32.2. The van der Waals surface area contributed by atoms with Crippen LogP contribution >= 0.6 is 11.3 Å². The summed E-state index contributed by atoms with van der Waals surface area (Å²) >= 11 is 1.37. The van der Waals surface area contributed by atoms with E-state index in [-0.39, 0.29) is 29.4 Å². The van der Waals surface area contributed by atoms with Gasteiger partial charge in [0, 0.05) is 26.1 Å². The van der Waals surface area contributed by atoms with Gasteiger partial charge in [-0.05, 0) is 24.3 Å². The number of carbonyl (C=O) groups is 2. The predicted molar refractivity (Wildman–Crippen MR) is 85.7 cm³/mol. The van der Waals surface area contributed by atoms with E-state index in [9.17, 15) is 18.0 Å². The zero-order chi connectivity index (χ0) is 16.2. The van der Waals surface area contributed by atoms with Gasteiger partial charge in [0.15, 0.2) is 9.84 Å². The van der Waals surface area contributed by atoms with Gasteiger partial charge in [0.1, 0.15) is 0 Å². The van der Waals surface area contributed by atoms with Crippen molar-refractivity contribution in [1.82, 2.24) is 10.2 Å². The Morgan fingerprint density at radius 2 is 2.23 bits per heavy atom. The Kier molecular flexibility index (Phi) is 5.57. The van der Waals surface area contributed by atoms with Crippen LogP contribution in [0.15, 0.2) is 17.5 Å². The van der Waals surface area contributed by atoms with E-state index in [4.69, 9.17) is 0 Å². The number of thiophene rings is 1. The van der Waals surface area contributed by atoms with E-state index in [1.54, 1.807) is 13.1 Å². The van der Waals surface area contributed by atoms with Crippen LogP contribution in [0.1, 0.15) is 28.9 Å². The Labute approximate surface area is 134 Å². The summed E-state index contributed by atoms with van der Waals surface area (Å²) in [7, 11) is -1.33. The van der Waals surface area contributed by atoms with Crippen molar-refractivity contribution < 1.29 is 18.0 Å². The summed E-state index contributed by atoms with van der Waals surface area (Å²) in [6.45, 7) is 0.430. The Morgan fingerprint density at radius 1 is 1.45 bits per heavy atom. The second-order valence-electron chi connectivity index (χ2n) is 5.40. The van der Waals surface area contributed by atoms with E-state index in [0.717, 1.165) is 0 Å². The first-order valence-corrected chi connectivity index (χ1v) is 9.87. The molecule has 0 saturated carbocycles. The zero-order valence-electron chi connectivity index (χ0n) is 12.4. The minimum absolute atomic E-state index is 0.0599. The molecule has 1 aliphatic heterocycles. The number of amides is 2. The lowest BCUT2D eigenvalue weighted by molar-refractivity contribution is -0.131. The molecule has 122 valence electrons. The van der Waals surface area contributed by atoms with E-state index >= 15 is 0 Å².